The quantitative estimate of drug-likeness (QED) is 0.781. The van der Waals surface area contributed by atoms with Gasteiger partial charge < -0.3 is 15.6 Å². The number of hydrogen-bond donors (Lipinski definition) is 2. The third-order valence-corrected chi connectivity index (χ3v) is 2.87. The van der Waals surface area contributed by atoms with E-state index in [2.05, 4.69) is 12.1 Å². The summed E-state index contributed by atoms with van der Waals surface area (Å²) in [5, 5.41) is 8.84. The maximum Gasteiger partial charge on any atom is 0.0719 e. The summed E-state index contributed by atoms with van der Waals surface area (Å²) in [6, 6.07) is 6.22. The minimum absolute atomic E-state index is 0.0526. The van der Waals surface area contributed by atoms with Crippen molar-refractivity contribution in [1.82, 2.24) is 0 Å². The molecule has 3 nitrogen and oxygen atoms in total. The number of rotatable bonds is 3. The lowest BCUT2D eigenvalue weighted by Crippen LogP contribution is -2.15. The van der Waals surface area contributed by atoms with Crippen LogP contribution in [-0.2, 0) is 17.8 Å². The molecule has 0 spiro atoms. The standard InChI is InChI=1S/C12H17NO2/c13-12(3-5-14)10-1-2-11-8-15-6-4-9(11)7-10/h1-2,7,12,14H,3-6,8,13H2. The van der Waals surface area contributed by atoms with Crippen molar-refractivity contribution in [1.29, 1.82) is 0 Å². The third-order valence-electron chi connectivity index (χ3n) is 2.87. The van der Waals surface area contributed by atoms with Crippen LogP contribution < -0.4 is 5.73 Å². The zero-order chi connectivity index (χ0) is 10.7. The van der Waals surface area contributed by atoms with E-state index in [-0.39, 0.29) is 12.6 Å². The van der Waals surface area contributed by atoms with Crippen molar-refractivity contribution in [2.75, 3.05) is 13.2 Å². The molecule has 0 aromatic heterocycles. The van der Waals surface area contributed by atoms with E-state index in [0.717, 1.165) is 18.6 Å². The number of nitrogens with two attached hydrogens (primary N) is 1. The van der Waals surface area contributed by atoms with Gasteiger partial charge in [-0.1, -0.05) is 18.2 Å². The zero-order valence-electron chi connectivity index (χ0n) is 8.78. The van der Waals surface area contributed by atoms with Crippen molar-refractivity contribution >= 4 is 0 Å². The van der Waals surface area contributed by atoms with Crippen LogP contribution >= 0.6 is 0 Å². The summed E-state index contributed by atoms with van der Waals surface area (Å²) in [5.41, 5.74) is 9.67. The van der Waals surface area contributed by atoms with Gasteiger partial charge in [-0.15, -0.1) is 0 Å². The molecule has 1 aromatic carbocycles. The van der Waals surface area contributed by atoms with Gasteiger partial charge in [0.15, 0.2) is 0 Å². The molecule has 1 atom stereocenters. The molecule has 3 heteroatoms. The Morgan fingerprint density at radius 2 is 2.27 bits per heavy atom. The molecule has 1 aromatic rings. The van der Waals surface area contributed by atoms with Crippen LogP contribution in [0.3, 0.4) is 0 Å². The number of benzene rings is 1. The largest absolute Gasteiger partial charge is 0.396 e. The summed E-state index contributed by atoms with van der Waals surface area (Å²) >= 11 is 0. The van der Waals surface area contributed by atoms with Crippen molar-refractivity contribution < 1.29 is 9.84 Å². The van der Waals surface area contributed by atoms with Crippen LogP contribution in [0.2, 0.25) is 0 Å². The first-order valence-electron chi connectivity index (χ1n) is 5.37. The molecule has 82 valence electrons. The summed E-state index contributed by atoms with van der Waals surface area (Å²) in [7, 11) is 0. The van der Waals surface area contributed by atoms with Gasteiger partial charge in [0.25, 0.3) is 0 Å². The van der Waals surface area contributed by atoms with Gasteiger partial charge in [-0.05, 0) is 29.5 Å². The molecule has 1 aliphatic heterocycles. The Hall–Kier alpha value is -0.900. The molecular formula is C12H17NO2. The third kappa shape index (κ3) is 2.37. The summed E-state index contributed by atoms with van der Waals surface area (Å²) in [5.74, 6) is 0. The highest BCUT2D eigenvalue weighted by Crippen LogP contribution is 2.22. The highest BCUT2D eigenvalue weighted by atomic mass is 16.5. The number of fused-ring (bicyclic) bond motifs is 1. The Morgan fingerprint density at radius 1 is 1.40 bits per heavy atom. The summed E-state index contributed by atoms with van der Waals surface area (Å²) < 4.78 is 5.37. The second kappa shape index (κ2) is 4.75. The molecule has 1 heterocycles. The average Bonchev–Trinajstić information content (AvgIpc) is 2.29. The molecule has 2 rings (SSSR count). The molecule has 0 saturated heterocycles. The highest BCUT2D eigenvalue weighted by molar-refractivity contribution is 5.34. The molecule has 1 aliphatic rings. The van der Waals surface area contributed by atoms with Crippen molar-refractivity contribution in [2.45, 2.75) is 25.5 Å². The second-order valence-corrected chi connectivity index (χ2v) is 3.95. The smallest absolute Gasteiger partial charge is 0.0719 e. The van der Waals surface area contributed by atoms with Crippen LogP contribution in [0, 0.1) is 0 Å². The van der Waals surface area contributed by atoms with Crippen molar-refractivity contribution in [3.05, 3.63) is 34.9 Å². The van der Waals surface area contributed by atoms with Crippen molar-refractivity contribution in [3.63, 3.8) is 0 Å². The van der Waals surface area contributed by atoms with Crippen LogP contribution in [0.4, 0.5) is 0 Å². The number of ether oxygens (including phenoxy) is 1. The summed E-state index contributed by atoms with van der Waals surface area (Å²) in [6.07, 6.45) is 1.59. The van der Waals surface area contributed by atoms with E-state index in [1.54, 1.807) is 0 Å². The predicted molar refractivity (Wildman–Crippen MR) is 58.4 cm³/mol. The molecule has 3 N–H and O–H groups in total. The minimum atomic E-state index is -0.0526. The Kier molecular flexibility index (Phi) is 3.36. The Bertz CT molecular complexity index is 338. The van der Waals surface area contributed by atoms with Gasteiger partial charge in [-0.2, -0.15) is 0 Å². The SMILES string of the molecule is NC(CCO)c1ccc2c(c1)CCOC2. The number of hydrogen-bond acceptors (Lipinski definition) is 3. The molecule has 0 amide bonds. The summed E-state index contributed by atoms with van der Waals surface area (Å²) in [4.78, 5) is 0. The second-order valence-electron chi connectivity index (χ2n) is 3.95. The average molecular weight is 207 g/mol. The van der Waals surface area contributed by atoms with Crippen LogP contribution in [0.5, 0.6) is 0 Å². The van der Waals surface area contributed by atoms with Crippen LogP contribution in [0.15, 0.2) is 18.2 Å². The lowest BCUT2D eigenvalue weighted by molar-refractivity contribution is 0.110. The molecule has 15 heavy (non-hydrogen) atoms. The van der Waals surface area contributed by atoms with Gasteiger partial charge in [0, 0.05) is 12.6 Å². The molecule has 0 fully saturated rings. The molecule has 0 saturated carbocycles. The van der Waals surface area contributed by atoms with Crippen molar-refractivity contribution in [3.8, 4) is 0 Å². The van der Waals surface area contributed by atoms with Crippen LogP contribution in [0.25, 0.3) is 0 Å². The van der Waals surface area contributed by atoms with Crippen LogP contribution in [0.1, 0.15) is 29.2 Å². The minimum Gasteiger partial charge on any atom is -0.396 e. The first-order chi connectivity index (χ1) is 7.31. The summed E-state index contributed by atoms with van der Waals surface area (Å²) in [6.45, 7) is 1.65. The fraction of sp³-hybridized carbons (Fsp3) is 0.500. The normalized spacial score (nSPS) is 17.2. The van der Waals surface area contributed by atoms with E-state index < -0.39 is 0 Å². The predicted octanol–water partition coefficient (Wildman–Crippen LogP) is 1.14. The van der Waals surface area contributed by atoms with Gasteiger partial charge in [0.1, 0.15) is 0 Å². The lowest BCUT2D eigenvalue weighted by atomic mass is 9.96. The fourth-order valence-corrected chi connectivity index (χ4v) is 1.92. The highest BCUT2D eigenvalue weighted by Gasteiger charge is 2.12. The van der Waals surface area contributed by atoms with E-state index in [4.69, 9.17) is 15.6 Å². The molecule has 0 radical (unpaired) electrons. The molecule has 0 aliphatic carbocycles. The molecule has 1 unspecified atom stereocenters. The maximum absolute atomic E-state index is 8.84. The first-order valence-corrected chi connectivity index (χ1v) is 5.37. The van der Waals surface area contributed by atoms with E-state index in [1.807, 2.05) is 6.07 Å². The zero-order valence-corrected chi connectivity index (χ0v) is 8.78. The number of aliphatic hydroxyl groups excluding tert-OH is 1. The Morgan fingerprint density at radius 3 is 3.07 bits per heavy atom. The Balaban J connectivity index is 2.20. The van der Waals surface area contributed by atoms with Gasteiger partial charge in [0.05, 0.1) is 13.2 Å². The van der Waals surface area contributed by atoms with Gasteiger partial charge in [0.2, 0.25) is 0 Å². The van der Waals surface area contributed by atoms with Crippen LogP contribution in [-0.4, -0.2) is 18.3 Å². The maximum atomic E-state index is 8.84. The molecule has 0 bridgehead atoms. The first kappa shape index (κ1) is 10.6. The topological polar surface area (TPSA) is 55.5 Å². The number of aliphatic hydroxyl groups is 1. The van der Waals surface area contributed by atoms with Crippen molar-refractivity contribution in [2.24, 2.45) is 5.73 Å². The monoisotopic (exact) mass is 207 g/mol. The van der Waals surface area contributed by atoms with Gasteiger partial charge in [-0.25, -0.2) is 0 Å². The van der Waals surface area contributed by atoms with E-state index in [1.165, 1.54) is 11.1 Å². The van der Waals surface area contributed by atoms with Gasteiger partial charge in [-0.3, -0.25) is 0 Å². The van der Waals surface area contributed by atoms with E-state index in [9.17, 15) is 0 Å². The van der Waals surface area contributed by atoms with E-state index >= 15 is 0 Å². The van der Waals surface area contributed by atoms with E-state index in [0.29, 0.717) is 13.0 Å². The lowest BCUT2D eigenvalue weighted by Gasteiger charge is -2.19. The molecular weight excluding hydrogens is 190 g/mol. The van der Waals surface area contributed by atoms with Gasteiger partial charge >= 0.3 is 0 Å². The fourth-order valence-electron chi connectivity index (χ4n) is 1.92. The Labute approximate surface area is 89.9 Å².